The van der Waals surface area contributed by atoms with Crippen molar-refractivity contribution in [1.82, 2.24) is 15.1 Å². The highest BCUT2D eigenvalue weighted by atomic mass is 16.6. The minimum Gasteiger partial charge on any atom is -0.468 e. The first-order valence-electron chi connectivity index (χ1n) is 6.00. The zero-order valence-corrected chi connectivity index (χ0v) is 11.6. The largest absolute Gasteiger partial charge is 0.468 e. The Bertz CT molecular complexity index is 499. The van der Waals surface area contributed by atoms with Gasteiger partial charge in [0.2, 0.25) is 0 Å². The van der Waals surface area contributed by atoms with Gasteiger partial charge in [0.15, 0.2) is 0 Å². The van der Waals surface area contributed by atoms with Crippen LogP contribution in [0.15, 0.2) is 0 Å². The van der Waals surface area contributed by atoms with Crippen molar-refractivity contribution in [3.63, 3.8) is 0 Å². The van der Waals surface area contributed by atoms with Gasteiger partial charge < -0.3 is 15.2 Å². The maximum absolute atomic E-state index is 10.9. The van der Waals surface area contributed by atoms with E-state index in [-0.39, 0.29) is 25.3 Å². The lowest BCUT2D eigenvalue weighted by molar-refractivity contribution is -0.386. The predicted molar refractivity (Wildman–Crippen MR) is 69.2 cm³/mol. The molecule has 9 nitrogen and oxygen atoms in total. The number of aryl methyl sites for hydroxylation is 1. The van der Waals surface area contributed by atoms with E-state index < -0.39 is 17.0 Å². The number of nitrogens with one attached hydrogen (secondary N) is 1. The number of hydrogen-bond acceptors (Lipinski definition) is 7. The van der Waals surface area contributed by atoms with Crippen LogP contribution in [0.3, 0.4) is 0 Å². The molecule has 0 aromatic carbocycles. The number of aliphatic hydroxyl groups excluding tert-OH is 1. The molecule has 1 heterocycles. The van der Waals surface area contributed by atoms with Crippen molar-refractivity contribution in [2.24, 2.45) is 0 Å². The average Bonchev–Trinajstić information content (AvgIpc) is 2.63. The van der Waals surface area contributed by atoms with E-state index in [0.29, 0.717) is 11.4 Å². The third-order valence-corrected chi connectivity index (χ3v) is 2.79. The van der Waals surface area contributed by atoms with Crippen molar-refractivity contribution < 1.29 is 19.6 Å². The van der Waals surface area contributed by atoms with Crippen molar-refractivity contribution in [1.29, 1.82) is 0 Å². The van der Waals surface area contributed by atoms with Gasteiger partial charge in [0.25, 0.3) is 0 Å². The number of ether oxygens (including phenoxy) is 1. The van der Waals surface area contributed by atoms with Crippen LogP contribution in [0.1, 0.15) is 11.4 Å². The molecule has 0 spiro atoms. The second kappa shape index (κ2) is 6.96. The van der Waals surface area contributed by atoms with Crippen LogP contribution in [0, 0.1) is 24.0 Å². The fourth-order valence-electron chi connectivity index (χ4n) is 1.81. The van der Waals surface area contributed by atoms with Crippen LogP contribution < -0.4 is 5.32 Å². The average molecular weight is 286 g/mol. The smallest absolute Gasteiger partial charge is 0.319 e. The molecular weight excluding hydrogens is 268 g/mol. The highest BCUT2D eigenvalue weighted by Crippen LogP contribution is 2.21. The van der Waals surface area contributed by atoms with Crippen molar-refractivity contribution in [3.05, 3.63) is 21.5 Å². The molecule has 0 fully saturated rings. The Balaban J connectivity index is 2.58. The number of nitro groups is 1. The first-order chi connectivity index (χ1) is 9.36. The van der Waals surface area contributed by atoms with E-state index in [4.69, 9.17) is 0 Å². The normalized spacial score (nSPS) is 12.2. The molecule has 0 aliphatic heterocycles. The monoisotopic (exact) mass is 286 g/mol. The van der Waals surface area contributed by atoms with Gasteiger partial charge in [-0.1, -0.05) is 0 Å². The van der Waals surface area contributed by atoms with Crippen LogP contribution >= 0.6 is 0 Å². The summed E-state index contributed by atoms with van der Waals surface area (Å²) >= 11 is 0. The van der Waals surface area contributed by atoms with E-state index in [9.17, 15) is 20.0 Å². The van der Waals surface area contributed by atoms with Gasteiger partial charge in [-0.3, -0.25) is 19.6 Å². The van der Waals surface area contributed by atoms with Crippen LogP contribution in [0.5, 0.6) is 0 Å². The second-order valence-electron chi connectivity index (χ2n) is 4.32. The maximum Gasteiger partial charge on any atom is 0.319 e. The van der Waals surface area contributed by atoms with E-state index >= 15 is 0 Å². The van der Waals surface area contributed by atoms with Gasteiger partial charge in [-0.25, -0.2) is 0 Å². The molecule has 9 heteroatoms. The Kier molecular flexibility index (Phi) is 5.59. The summed E-state index contributed by atoms with van der Waals surface area (Å²) in [5.74, 6) is -0.432. The minimum absolute atomic E-state index is 0.00910. The summed E-state index contributed by atoms with van der Waals surface area (Å²) in [7, 11) is 1.27. The SMILES string of the molecule is COC(=O)CNCC(O)Cn1nc(C)c([N+](=O)[O-])c1C. The number of aromatic nitrogens is 2. The van der Waals surface area contributed by atoms with Gasteiger partial charge in [0.05, 0.1) is 31.2 Å². The maximum atomic E-state index is 10.9. The highest BCUT2D eigenvalue weighted by Gasteiger charge is 2.22. The molecule has 112 valence electrons. The van der Waals surface area contributed by atoms with Crippen molar-refractivity contribution >= 4 is 11.7 Å². The van der Waals surface area contributed by atoms with Gasteiger partial charge in [-0.05, 0) is 13.8 Å². The molecule has 2 N–H and O–H groups in total. The van der Waals surface area contributed by atoms with Gasteiger partial charge in [-0.15, -0.1) is 0 Å². The molecule has 0 aliphatic rings. The van der Waals surface area contributed by atoms with Crippen LogP contribution in [0.2, 0.25) is 0 Å². The number of nitrogens with zero attached hydrogens (tertiary/aromatic N) is 3. The quantitative estimate of drug-likeness (QED) is 0.395. The van der Waals surface area contributed by atoms with Crippen LogP contribution in [-0.4, -0.2) is 52.1 Å². The van der Waals surface area contributed by atoms with E-state index in [1.54, 1.807) is 13.8 Å². The van der Waals surface area contributed by atoms with Gasteiger partial charge in [-0.2, -0.15) is 5.10 Å². The number of carbonyl (C=O) groups is 1. The number of carbonyl (C=O) groups excluding carboxylic acids is 1. The van der Waals surface area contributed by atoms with E-state index in [0.717, 1.165) is 0 Å². The van der Waals surface area contributed by atoms with Crippen LogP contribution in [0.25, 0.3) is 0 Å². The molecule has 1 aromatic rings. The second-order valence-corrected chi connectivity index (χ2v) is 4.32. The Labute approximate surface area is 115 Å². The molecule has 0 saturated heterocycles. The topological polar surface area (TPSA) is 120 Å². The molecule has 1 rings (SSSR count). The van der Waals surface area contributed by atoms with E-state index in [1.165, 1.54) is 11.8 Å². The molecular formula is C11H18N4O5. The number of rotatable bonds is 7. The first-order valence-corrected chi connectivity index (χ1v) is 6.00. The van der Waals surface area contributed by atoms with Crippen LogP contribution in [0.4, 0.5) is 5.69 Å². The minimum atomic E-state index is -0.822. The summed E-state index contributed by atoms with van der Waals surface area (Å²) in [4.78, 5) is 21.2. The molecule has 1 aromatic heterocycles. The third kappa shape index (κ3) is 4.00. The Morgan fingerprint density at radius 3 is 2.75 bits per heavy atom. The summed E-state index contributed by atoms with van der Waals surface area (Å²) in [5.41, 5.74) is 0.654. The van der Waals surface area contributed by atoms with Gasteiger partial charge in [0, 0.05) is 6.54 Å². The van der Waals surface area contributed by atoms with Gasteiger partial charge in [0.1, 0.15) is 11.4 Å². The lowest BCUT2D eigenvalue weighted by atomic mass is 10.3. The number of aliphatic hydroxyl groups is 1. The molecule has 0 saturated carbocycles. The Morgan fingerprint density at radius 2 is 2.25 bits per heavy atom. The fourth-order valence-corrected chi connectivity index (χ4v) is 1.81. The van der Waals surface area contributed by atoms with Crippen LogP contribution in [-0.2, 0) is 16.1 Å². The lowest BCUT2D eigenvalue weighted by Gasteiger charge is -2.12. The molecule has 1 unspecified atom stereocenters. The summed E-state index contributed by atoms with van der Waals surface area (Å²) in [6, 6.07) is 0. The molecule has 20 heavy (non-hydrogen) atoms. The van der Waals surface area contributed by atoms with Gasteiger partial charge >= 0.3 is 11.7 Å². The summed E-state index contributed by atoms with van der Waals surface area (Å²) in [6.07, 6.45) is -0.822. The van der Waals surface area contributed by atoms with Crippen molar-refractivity contribution in [2.45, 2.75) is 26.5 Å². The fraction of sp³-hybridized carbons (Fsp3) is 0.636. The Morgan fingerprint density at radius 1 is 1.60 bits per heavy atom. The number of esters is 1. The standard InChI is InChI=1S/C11H18N4O5/c1-7-11(15(18)19)8(2)14(13-7)6-9(16)4-12-5-10(17)20-3/h9,12,16H,4-6H2,1-3H3. The zero-order chi connectivity index (χ0) is 15.3. The van der Waals surface area contributed by atoms with E-state index in [1.807, 2.05) is 0 Å². The number of hydrogen-bond donors (Lipinski definition) is 2. The zero-order valence-electron chi connectivity index (χ0n) is 11.6. The predicted octanol–water partition coefficient (Wildman–Crippen LogP) is -0.468. The molecule has 0 amide bonds. The summed E-state index contributed by atoms with van der Waals surface area (Å²) < 4.78 is 5.83. The lowest BCUT2D eigenvalue weighted by Crippen LogP contribution is -2.34. The molecule has 1 atom stereocenters. The molecule has 0 bridgehead atoms. The Hall–Kier alpha value is -2.00. The van der Waals surface area contributed by atoms with E-state index in [2.05, 4.69) is 15.2 Å². The third-order valence-electron chi connectivity index (χ3n) is 2.79. The summed E-state index contributed by atoms with van der Waals surface area (Å²) in [5, 5.41) is 27.4. The van der Waals surface area contributed by atoms with Crippen molar-refractivity contribution in [3.8, 4) is 0 Å². The van der Waals surface area contributed by atoms with Crippen molar-refractivity contribution in [2.75, 3.05) is 20.2 Å². The summed E-state index contributed by atoms with van der Waals surface area (Å²) in [6.45, 7) is 3.37. The highest BCUT2D eigenvalue weighted by molar-refractivity contribution is 5.71. The first kappa shape index (κ1) is 16.1. The molecule has 0 radical (unpaired) electrons. The number of methoxy groups -OCH3 is 1. The molecule has 0 aliphatic carbocycles.